The van der Waals surface area contributed by atoms with Gasteiger partial charge in [-0.05, 0) is 24.3 Å². The van der Waals surface area contributed by atoms with Gasteiger partial charge in [0.15, 0.2) is 11.5 Å². The van der Waals surface area contributed by atoms with E-state index in [2.05, 4.69) is 19.8 Å². The van der Waals surface area contributed by atoms with Crippen LogP contribution in [0.1, 0.15) is 5.69 Å². The molecular formula is C16H11F2N3O3. The van der Waals surface area contributed by atoms with Crippen LogP contribution in [0.25, 0.3) is 5.65 Å². The fourth-order valence-electron chi connectivity index (χ4n) is 2.45. The SMILES string of the molecule is O=c1cc(CNc2ccc3c(c2)OC(F)(F)O3)nc2ccccn12. The van der Waals surface area contributed by atoms with Crippen molar-refractivity contribution < 1.29 is 18.3 Å². The highest BCUT2D eigenvalue weighted by Crippen LogP contribution is 2.42. The molecule has 0 radical (unpaired) electrons. The van der Waals surface area contributed by atoms with Crippen LogP contribution in [0.3, 0.4) is 0 Å². The topological polar surface area (TPSA) is 64.9 Å². The third kappa shape index (κ3) is 2.62. The Kier molecular flexibility index (Phi) is 3.12. The molecule has 122 valence electrons. The Hall–Kier alpha value is -3.16. The van der Waals surface area contributed by atoms with Gasteiger partial charge in [-0.2, -0.15) is 0 Å². The minimum absolute atomic E-state index is 0.0207. The first-order valence-corrected chi connectivity index (χ1v) is 7.11. The summed E-state index contributed by atoms with van der Waals surface area (Å²) in [6.07, 6.45) is -2.00. The summed E-state index contributed by atoms with van der Waals surface area (Å²) in [5.41, 5.74) is 1.43. The lowest BCUT2D eigenvalue weighted by Gasteiger charge is -2.08. The Morgan fingerprint density at radius 1 is 1.12 bits per heavy atom. The normalized spacial score (nSPS) is 14.8. The number of nitrogens with one attached hydrogen (secondary N) is 1. The van der Waals surface area contributed by atoms with Gasteiger partial charge in [0, 0.05) is 24.0 Å². The van der Waals surface area contributed by atoms with Crippen molar-refractivity contribution in [3.05, 3.63) is 64.7 Å². The van der Waals surface area contributed by atoms with E-state index in [1.54, 1.807) is 30.5 Å². The fraction of sp³-hybridized carbons (Fsp3) is 0.125. The van der Waals surface area contributed by atoms with Crippen LogP contribution in [0.5, 0.6) is 11.5 Å². The minimum atomic E-state index is -3.64. The van der Waals surface area contributed by atoms with Gasteiger partial charge in [0.05, 0.1) is 12.2 Å². The molecule has 0 bridgehead atoms. The minimum Gasteiger partial charge on any atom is -0.395 e. The van der Waals surface area contributed by atoms with E-state index in [9.17, 15) is 13.6 Å². The molecular weight excluding hydrogens is 320 g/mol. The highest BCUT2D eigenvalue weighted by Gasteiger charge is 2.43. The number of benzene rings is 1. The molecule has 0 spiro atoms. The largest absolute Gasteiger partial charge is 0.586 e. The highest BCUT2D eigenvalue weighted by molar-refractivity contribution is 5.56. The summed E-state index contributed by atoms with van der Waals surface area (Å²) in [7, 11) is 0. The van der Waals surface area contributed by atoms with Crippen LogP contribution in [0, 0.1) is 0 Å². The Bertz CT molecular complexity index is 988. The predicted molar refractivity (Wildman–Crippen MR) is 81.4 cm³/mol. The van der Waals surface area contributed by atoms with Crippen LogP contribution in [0.15, 0.2) is 53.5 Å². The summed E-state index contributed by atoms with van der Waals surface area (Å²) in [5, 5.41) is 3.02. The standard InChI is InChI=1S/C16H11F2N3O3/c17-16(18)23-12-5-4-10(7-13(12)24-16)19-9-11-8-15(22)21-6-2-1-3-14(21)20-11/h1-8,19H,9H2. The molecule has 0 aliphatic carbocycles. The quantitative estimate of drug-likeness (QED) is 0.799. The van der Waals surface area contributed by atoms with Gasteiger partial charge < -0.3 is 14.8 Å². The van der Waals surface area contributed by atoms with Crippen LogP contribution in [0.4, 0.5) is 14.5 Å². The molecule has 1 N–H and O–H groups in total. The van der Waals surface area contributed by atoms with Crippen molar-refractivity contribution in [3.63, 3.8) is 0 Å². The number of halogens is 2. The summed E-state index contributed by atoms with van der Waals surface area (Å²) in [4.78, 5) is 16.4. The smallest absolute Gasteiger partial charge is 0.395 e. The second-order valence-corrected chi connectivity index (χ2v) is 5.20. The summed E-state index contributed by atoms with van der Waals surface area (Å²) in [6, 6.07) is 11.1. The molecule has 6 nitrogen and oxygen atoms in total. The third-order valence-corrected chi connectivity index (χ3v) is 3.50. The number of hydrogen-bond donors (Lipinski definition) is 1. The summed E-state index contributed by atoms with van der Waals surface area (Å²) >= 11 is 0. The van der Waals surface area contributed by atoms with Crippen molar-refractivity contribution in [2.24, 2.45) is 0 Å². The van der Waals surface area contributed by atoms with E-state index in [1.807, 2.05) is 0 Å². The maximum atomic E-state index is 13.0. The van der Waals surface area contributed by atoms with E-state index in [0.29, 0.717) is 17.0 Å². The van der Waals surface area contributed by atoms with Crippen molar-refractivity contribution >= 4 is 11.3 Å². The fourth-order valence-corrected chi connectivity index (χ4v) is 2.45. The summed E-state index contributed by atoms with van der Waals surface area (Å²) in [6.45, 7) is 0.261. The molecule has 1 aliphatic rings. The van der Waals surface area contributed by atoms with Crippen molar-refractivity contribution in [2.75, 3.05) is 5.32 Å². The first-order chi connectivity index (χ1) is 11.5. The van der Waals surface area contributed by atoms with E-state index in [1.165, 1.54) is 22.6 Å². The average molecular weight is 331 g/mol. The van der Waals surface area contributed by atoms with Gasteiger partial charge in [-0.25, -0.2) is 4.98 Å². The number of anilines is 1. The molecule has 8 heteroatoms. The number of nitrogens with zero attached hydrogens (tertiary/aromatic N) is 2. The molecule has 0 amide bonds. The molecule has 2 aromatic heterocycles. The molecule has 3 heterocycles. The molecule has 4 rings (SSSR count). The number of ether oxygens (including phenoxy) is 2. The van der Waals surface area contributed by atoms with E-state index in [4.69, 9.17) is 0 Å². The zero-order chi connectivity index (χ0) is 16.7. The third-order valence-electron chi connectivity index (χ3n) is 3.50. The average Bonchev–Trinajstić information content (AvgIpc) is 2.86. The van der Waals surface area contributed by atoms with Crippen LogP contribution >= 0.6 is 0 Å². The van der Waals surface area contributed by atoms with Crippen LogP contribution < -0.4 is 20.3 Å². The lowest BCUT2D eigenvalue weighted by Crippen LogP contribution is -2.25. The number of alkyl halides is 2. The molecule has 1 aromatic carbocycles. The van der Waals surface area contributed by atoms with Crippen molar-refractivity contribution in [1.29, 1.82) is 0 Å². The molecule has 0 fully saturated rings. The van der Waals surface area contributed by atoms with Gasteiger partial charge >= 0.3 is 6.29 Å². The van der Waals surface area contributed by atoms with Gasteiger partial charge in [0.25, 0.3) is 5.56 Å². The molecule has 1 aliphatic heterocycles. The second-order valence-electron chi connectivity index (χ2n) is 5.20. The molecule has 0 saturated carbocycles. The number of hydrogen-bond acceptors (Lipinski definition) is 5. The van der Waals surface area contributed by atoms with Crippen molar-refractivity contribution in [2.45, 2.75) is 12.8 Å². The second kappa shape index (κ2) is 5.19. The maximum absolute atomic E-state index is 13.0. The predicted octanol–water partition coefficient (Wildman–Crippen LogP) is 2.63. The number of fused-ring (bicyclic) bond motifs is 2. The first kappa shape index (κ1) is 14.4. The summed E-state index contributed by atoms with van der Waals surface area (Å²) in [5.74, 6) is -0.0656. The summed E-state index contributed by atoms with van der Waals surface area (Å²) < 4.78 is 36.2. The van der Waals surface area contributed by atoms with Crippen LogP contribution in [-0.2, 0) is 6.54 Å². The number of rotatable bonds is 3. The lowest BCUT2D eigenvalue weighted by molar-refractivity contribution is -0.286. The molecule has 24 heavy (non-hydrogen) atoms. The Morgan fingerprint density at radius 3 is 2.83 bits per heavy atom. The molecule has 0 saturated heterocycles. The maximum Gasteiger partial charge on any atom is 0.586 e. The Balaban J connectivity index is 1.55. The molecule has 0 unspecified atom stereocenters. The van der Waals surface area contributed by atoms with Gasteiger partial charge in [-0.3, -0.25) is 9.20 Å². The Morgan fingerprint density at radius 2 is 1.96 bits per heavy atom. The zero-order valence-corrected chi connectivity index (χ0v) is 12.2. The monoisotopic (exact) mass is 331 g/mol. The van der Waals surface area contributed by atoms with Gasteiger partial charge in [-0.1, -0.05) is 6.07 Å². The van der Waals surface area contributed by atoms with E-state index in [-0.39, 0.29) is 23.6 Å². The van der Waals surface area contributed by atoms with E-state index in [0.717, 1.165) is 0 Å². The first-order valence-electron chi connectivity index (χ1n) is 7.11. The van der Waals surface area contributed by atoms with Crippen LogP contribution in [-0.4, -0.2) is 15.7 Å². The van der Waals surface area contributed by atoms with Crippen LogP contribution in [0.2, 0.25) is 0 Å². The van der Waals surface area contributed by atoms with Gasteiger partial charge in [0.2, 0.25) is 0 Å². The highest BCUT2D eigenvalue weighted by atomic mass is 19.3. The van der Waals surface area contributed by atoms with E-state index < -0.39 is 6.29 Å². The van der Waals surface area contributed by atoms with E-state index >= 15 is 0 Å². The van der Waals surface area contributed by atoms with Gasteiger partial charge in [0.1, 0.15) is 5.65 Å². The van der Waals surface area contributed by atoms with Crippen molar-refractivity contribution in [1.82, 2.24) is 9.38 Å². The Labute approximate surface area is 134 Å². The van der Waals surface area contributed by atoms with Gasteiger partial charge in [-0.15, -0.1) is 8.78 Å². The van der Waals surface area contributed by atoms with Crippen molar-refractivity contribution in [3.8, 4) is 11.5 Å². The molecule has 3 aromatic rings. The lowest BCUT2D eigenvalue weighted by atomic mass is 10.2. The number of aromatic nitrogens is 2. The zero-order valence-electron chi connectivity index (χ0n) is 12.2. The molecule has 0 atom stereocenters. The number of pyridine rings is 1.